The highest BCUT2D eigenvalue weighted by Crippen LogP contribution is 2.37. The summed E-state index contributed by atoms with van der Waals surface area (Å²) >= 11 is 7.35. The SMILES string of the molecule is Cc1cc(Br)ccc1N=C1NC(=O)/C(=C/c2ccc(Sc3nc4ccc([N+](=O)[O-])cc4s3)o2)S1. The second kappa shape index (κ2) is 9.37. The summed E-state index contributed by atoms with van der Waals surface area (Å²) in [6, 6.07) is 13.9. The maximum absolute atomic E-state index is 12.4. The Labute approximate surface area is 213 Å². The molecule has 0 bridgehead atoms. The Balaban J connectivity index is 1.31. The lowest BCUT2D eigenvalue weighted by Crippen LogP contribution is -2.19. The average Bonchev–Trinajstić information content (AvgIpc) is 3.49. The first kappa shape index (κ1) is 22.8. The molecule has 0 radical (unpaired) electrons. The second-order valence-electron chi connectivity index (χ2n) is 7.06. The van der Waals surface area contributed by atoms with Crippen LogP contribution in [0.2, 0.25) is 0 Å². The van der Waals surface area contributed by atoms with Crippen molar-refractivity contribution in [3.8, 4) is 0 Å². The molecular formula is C22H13BrN4O4S3. The maximum atomic E-state index is 12.4. The molecule has 12 heteroatoms. The molecule has 34 heavy (non-hydrogen) atoms. The maximum Gasteiger partial charge on any atom is 0.270 e. The van der Waals surface area contributed by atoms with Gasteiger partial charge in [-0.25, -0.2) is 9.98 Å². The molecule has 1 aliphatic rings. The number of halogens is 1. The van der Waals surface area contributed by atoms with Crippen molar-refractivity contribution >= 4 is 89.5 Å². The number of aryl methyl sites for hydroxylation is 1. The number of rotatable bonds is 5. The van der Waals surface area contributed by atoms with Crippen molar-refractivity contribution in [2.75, 3.05) is 0 Å². The fourth-order valence-corrected chi connectivity index (χ4v) is 6.36. The number of hydrogen-bond donors (Lipinski definition) is 1. The summed E-state index contributed by atoms with van der Waals surface area (Å²) in [4.78, 5) is 32.5. The Hall–Kier alpha value is -2.93. The van der Waals surface area contributed by atoms with Crippen molar-refractivity contribution in [2.24, 2.45) is 4.99 Å². The standard InChI is InChI=1S/C22H13BrN4O4S3/c1-11-8-12(23)2-5-15(11)24-21-26-20(28)18(32-21)10-14-4-7-19(31-14)34-22-25-16-6-3-13(27(29)30)9-17(16)33-22/h2-10H,1H3,(H,24,26,28)/b18-10-. The van der Waals surface area contributed by atoms with Crippen molar-refractivity contribution in [1.82, 2.24) is 10.3 Å². The topological polar surface area (TPSA) is 111 Å². The lowest BCUT2D eigenvalue weighted by molar-refractivity contribution is -0.384. The number of furan rings is 1. The number of aromatic nitrogens is 1. The van der Waals surface area contributed by atoms with Crippen LogP contribution in [0.5, 0.6) is 0 Å². The summed E-state index contributed by atoms with van der Waals surface area (Å²) in [5, 5.41) is 14.9. The predicted molar refractivity (Wildman–Crippen MR) is 139 cm³/mol. The Bertz CT molecular complexity index is 1530. The molecule has 8 nitrogen and oxygen atoms in total. The number of benzene rings is 2. The van der Waals surface area contributed by atoms with E-state index in [9.17, 15) is 14.9 Å². The molecule has 1 aliphatic heterocycles. The molecule has 2 aromatic carbocycles. The molecule has 2 aromatic heterocycles. The minimum absolute atomic E-state index is 0.0325. The number of carbonyl (C=O) groups excluding carboxylic acids is 1. The molecule has 1 amide bonds. The highest BCUT2D eigenvalue weighted by Gasteiger charge is 2.24. The van der Waals surface area contributed by atoms with Crippen LogP contribution in [0.3, 0.4) is 0 Å². The third-order valence-electron chi connectivity index (χ3n) is 4.66. The smallest absolute Gasteiger partial charge is 0.270 e. The second-order valence-corrected chi connectivity index (χ2v) is 11.3. The Morgan fingerprint density at radius 2 is 2.09 bits per heavy atom. The number of nitro groups is 1. The van der Waals surface area contributed by atoms with E-state index in [-0.39, 0.29) is 11.6 Å². The van der Waals surface area contributed by atoms with Crippen LogP contribution >= 0.6 is 50.8 Å². The van der Waals surface area contributed by atoms with E-state index in [4.69, 9.17) is 4.42 Å². The molecule has 3 heterocycles. The fraction of sp³-hybridized carbons (Fsp3) is 0.0455. The monoisotopic (exact) mass is 572 g/mol. The average molecular weight is 573 g/mol. The van der Waals surface area contributed by atoms with Crippen LogP contribution in [-0.4, -0.2) is 21.0 Å². The van der Waals surface area contributed by atoms with E-state index in [1.165, 1.54) is 47.0 Å². The minimum Gasteiger partial charge on any atom is -0.450 e. The zero-order chi connectivity index (χ0) is 23.8. The number of hydrogen-bond acceptors (Lipinski definition) is 9. The first-order valence-corrected chi connectivity index (χ1v) is 13.0. The third kappa shape index (κ3) is 4.94. The van der Waals surface area contributed by atoms with E-state index in [2.05, 4.69) is 31.2 Å². The Kier molecular flexibility index (Phi) is 6.30. The van der Waals surface area contributed by atoms with Crippen molar-refractivity contribution < 1.29 is 14.1 Å². The van der Waals surface area contributed by atoms with Crippen LogP contribution in [-0.2, 0) is 4.79 Å². The summed E-state index contributed by atoms with van der Waals surface area (Å²) in [6.07, 6.45) is 1.67. The molecule has 1 saturated heterocycles. The lowest BCUT2D eigenvalue weighted by Gasteiger charge is -2.01. The molecule has 1 N–H and O–H groups in total. The van der Waals surface area contributed by atoms with Gasteiger partial charge in [-0.3, -0.25) is 14.9 Å². The molecular weight excluding hydrogens is 560 g/mol. The molecule has 0 aliphatic carbocycles. The van der Waals surface area contributed by atoms with Gasteiger partial charge in [-0.1, -0.05) is 15.9 Å². The molecule has 0 unspecified atom stereocenters. The third-order valence-corrected chi connectivity index (χ3v) is 8.06. The normalized spacial score (nSPS) is 16.0. The van der Waals surface area contributed by atoms with Crippen molar-refractivity contribution in [1.29, 1.82) is 0 Å². The van der Waals surface area contributed by atoms with Gasteiger partial charge in [0, 0.05) is 22.7 Å². The number of fused-ring (bicyclic) bond motifs is 1. The van der Waals surface area contributed by atoms with Crippen LogP contribution in [0.15, 0.2) is 76.8 Å². The molecule has 5 rings (SSSR count). The van der Waals surface area contributed by atoms with Crippen LogP contribution in [0.4, 0.5) is 11.4 Å². The molecule has 0 saturated carbocycles. The summed E-state index contributed by atoms with van der Waals surface area (Å²) < 4.78 is 8.26. The predicted octanol–water partition coefficient (Wildman–Crippen LogP) is 6.91. The van der Waals surface area contributed by atoms with Crippen LogP contribution < -0.4 is 5.32 Å². The first-order chi connectivity index (χ1) is 16.3. The number of nitro benzene ring substituents is 1. The molecule has 4 aromatic rings. The van der Waals surface area contributed by atoms with Crippen LogP contribution in [0.25, 0.3) is 16.3 Å². The van der Waals surface area contributed by atoms with Crippen molar-refractivity contribution in [3.63, 3.8) is 0 Å². The minimum atomic E-state index is -0.425. The molecule has 170 valence electrons. The first-order valence-electron chi connectivity index (χ1n) is 9.72. The van der Waals surface area contributed by atoms with Crippen LogP contribution in [0.1, 0.15) is 11.3 Å². The number of non-ortho nitro benzene ring substituents is 1. The van der Waals surface area contributed by atoms with Gasteiger partial charge in [0.25, 0.3) is 11.6 Å². The van der Waals surface area contributed by atoms with Gasteiger partial charge in [0.15, 0.2) is 14.6 Å². The van der Waals surface area contributed by atoms with Gasteiger partial charge in [-0.05, 0) is 72.4 Å². The van der Waals surface area contributed by atoms with Crippen LogP contribution in [0, 0.1) is 17.0 Å². The summed E-state index contributed by atoms with van der Waals surface area (Å²) in [6.45, 7) is 1.96. The zero-order valence-electron chi connectivity index (χ0n) is 17.3. The summed E-state index contributed by atoms with van der Waals surface area (Å²) in [5.74, 6) is 0.287. The van der Waals surface area contributed by atoms with E-state index in [1.807, 2.05) is 25.1 Å². The Morgan fingerprint density at radius 3 is 2.88 bits per heavy atom. The molecule has 0 spiro atoms. The quantitative estimate of drug-likeness (QED) is 0.157. The largest absolute Gasteiger partial charge is 0.450 e. The van der Waals surface area contributed by atoms with Gasteiger partial charge in [0.2, 0.25) is 0 Å². The summed E-state index contributed by atoms with van der Waals surface area (Å²) in [7, 11) is 0. The number of nitrogens with one attached hydrogen (secondary N) is 1. The number of nitrogens with zero attached hydrogens (tertiary/aromatic N) is 3. The van der Waals surface area contributed by atoms with Gasteiger partial charge < -0.3 is 9.73 Å². The van der Waals surface area contributed by atoms with E-state index in [1.54, 1.807) is 24.3 Å². The highest BCUT2D eigenvalue weighted by molar-refractivity contribution is 9.10. The van der Waals surface area contributed by atoms with Gasteiger partial charge in [-0.15, -0.1) is 11.3 Å². The highest BCUT2D eigenvalue weighted by atomic mass is 79.9. The number of thiazole rings is 1. The lowest BCUT2D eigenvalue weighted by atomic mass is 10.2. The molecule has 1 fully saturated rings. The van der Waals surface area contributed by atoms with E-state index in [0.29, 0.717) is 30.8 Å². The molecule has 0 atom stereocenters. The van der Waals surface area contributed by atoms with Gasteiger partial charge in [-0.2, -0.15) is 0 Å². The fourth-order valence-electron chi connectivity index (χ4n) is 3.07. The number of carbonyl (C=O) groups is 1. The van der Waals surface area contributed by atoms with Gasteiger partial charge in [0.05, 0.1) is 25.7 Å². The number of aliphatic imine (C=N–C) groups is 1. The van der Waals surface area contributed by atoms with Gasteiger partial charge >= 0.3 is 0 Å². The summed E-state index contributed by atoms with van der Waals surface area (Å²) in [5.41, 5.74) is 2.50. The van der Waals surface area contributed by atoms with E-state index >= 15 is 0 Å². The van der Waals surface area contributed by atoms with Crippen molar-refractivity contribution in [3.05, 3.63) is 79.3 Å². The van der Waals surface area contributed by atoms with E-state index in [0.717, 1.165) is 20.4 Å². The van der Waals surface area contributed by atoms with Crippen molar-refractivity contribution in [2.45, 2.75) is 16.4 Å². The van der Waals surface area contributed by atoms with E-state index < -0.39 is 4.92 Å². The number of thioether (sulfide) groups is 1. The zero-order valence-corrected chi connectivity index (χ0v) is 21.3. The Morgan fingerprint density at radius 1 is 1.24 bits per heavy atom. The number of amides is 1. The number of amidine groups is 1. The van der Waals surface area contributed by atoms with Gasteiger partial charge in [0.1, 0.15) is 5.76 Å².